The van der Waals surface area contributed by atoms with E-state index in [2.05, 4.69) is 64.8 Å². The summed E-state index contributed by atoms with van der Waals surface area (Å²) >= 11 is 4.06. The van der Waals surface area contributed by atoms with E-state index in [9.17, 15) is 0 Å². The average Bonchev–Trinajstić information content (AvgIpc) is 2.63. The molecule has 0 aliphatic carbocycles. The molecule has 2 rings (SSSR count). The number of rotatable bonds is 3. The Kier molecular flexibility index (Phi) is 3.98. The van der Waals surface area contributed by atoms with Crippen LogP contribution in [0.5, 0.6) is 0 Å². The molecule has 0 fully saturated rings. The lowest BCUT2D eigenvalue weighted by atomic mass is 10.1. The second-order valence-electron chi connectivity index (χ2n) is 3.73. The van der Waals surface area contributed by atoms with Gasteiger partial charge in [-0.05, 0) is 47.4 Å². The lowest BCUT2D eigenvalue weighted by Crippen LogP contribution is -1.88. The van der Waals surface area contributed by atoms with Gasteiger partial charge in [0.25, 0.3) is 0 Å². The highest BCUT2D eigenvalue weighted by molar-refractivity contribution is 14.1. The molecule has 17 heavy (non-hydrogen) atoms. The fourth-order valence-electron chi connectivity index (χ4n) is 1.64. The van der Waals surface area contributed by atoms with Gasteiger partial charge in [-0.2, -0.15) is 5.10 Å². The molecule has 2 aromatic rings. The number of hydrogen-bond acceptors (Lipinski definition) is 3. The van der Waals surface area contributed by atoms with Crippen LogP contribution in [0.2, 0.25) is 0 Å². The van der Waals surface area contributed by atoms with Crippen molar-refractivity contribution in [2.75, 3.05) is 11.5 Å². The van der Waals surface area contributed by atoms with E-state index in [1.807, 2.05) is 11.8 Å². The predicted octanol–water partition coefficient (Wildman–Crippen LogP) is 3.68. The maximum absolute atomic E-state index is 5.78. The van der Waals surface area contributed by atoms with Crippen molar-refractivity contribution in [2.24, 2.45) is 0 Å². The molecule has 0 aliphatic heterocycles. The number of nitrogens with two attached hydrogens (primary N) is 1. The van der Waals surface area contributed by atoms with Crippen LogP contribution in [0.3, 0.4) is 0 Å². The summed E-state index contributed by atoms with van der Waals surface area (Å²) in [6.07, 6.45) is 0. The third kappa shape index (κ3) is 2.60. The lowest BCUT2D eigenvalue weighted by Gasteiger charge is -2.08. The van der Waals surface area contributed by atoms with Crippen LogP contribution in [0, 0.1) is 10.5 Å². The van der Waals surface area contributed by atoms with Crippen LogP contribution in [0.25, 0.3) is 11.3 Å². The van der Waals surface area contributed by atoms with Crippen LogP contribution in [0.15, 0.2) is 23.1 Å². The minimum absolute atomic E-state index is 0.564. The summed E-state index contributed by atoms with van der Waals surface area (Å²) < 4.78 is 0.992. The molecule has 90 valence electrons. The summed E-state index contributed by atoms with van der Waals surface area (Å²) in [5.74, 6) is 1.62. The summed E-state index contributed by atoms with van der Waals surface area (Å²) in [6.45, 7) is 4.25. The number of aryl methyl sites for hydroxylation is 1. The fourth-order valence-corrected chi connectivity index (χ4v) is 2.96. The zero-order valence-corrected chi connectivity index (χ0v) is 12.7. The number of nitrogens with zero attached hydrogens (tertiary/aromatic N) is 1. The number of benzene rings is 1. The number of nitrogens with one attached hydrogen (secondary N) is 1. The van der Waals surface area contributed by atoms with Crippen LogP contribution in [-0.4, -0.2) is 16.0 Å². The topological polar surface area (TPSA) is 54.7 Å². The van der Waals surface area contributed by atoms with Gasteiger partial charge in [-0.1, -0.05) is 18.6 Å². The van der Waals surface area contributed by atoms with E-state index < -0.39 is 0 Å². The number of thioether (sulfide) groups is 1. The molecule has 0 unspecified atom stereocenters. The van der Waals surface area contributed by atoms with Crippen LogP contribution in [0.1, 0.15) is 12.5 Å². The average molecular weight is 359 g/mol. The van der Waals surface area contributed by atoms with Gasteiger partial charge in [0, 0.05) is 10.5 Å². The van der Waals surface area contributed by atoms with E-state index >= 15 is 0 Å². The monoisotopic (exact) mass is 359 g/mol. The molecule has 0 aliphatic rings. The molecule has 1 aromatic carbocycles. The largest absolute Gasteiger partial charge is 0.381 e. The Morgan fingerprint density at radius 1 is 1.47 bits per heavy atom. The highest BCUT2D eigenvalue weighted by Crippen LogP contribution is 2.34. The van der Waals surface area contributed by atoms with E-state index in [1.54, 1.807) is 0 Å². The molecule has 5 heteroatoms. The van der Waals surface area contributed by atoms with Gasteiger partial charge in [-0.15, -0.1) is 11.8 Å². The molecule has 1 heterocycles. The molecule has 0 radical (unpaired) electrons. The second-order valence-corrected chi connectivity index (χ2v) is 6.12. The van der Waals surface area contributed by atoms with Gasteiger partial charge in [0.15, 0.2) is 5.82 Å². The van der Waals surface area contributed by atoms with Crippen molar-refractivity contribution >= 4 is 40.2 Å². The summed E-state index contributed by atoms with van der Waals surface area (Å²) in [5, 5.41) is 7.08. The third-order valence-corrected chi connectivity index (χ3v) is 4.48. The van der Waals surface area contributed by atoms with Crippen molar-refractivity contribution in [1.82, 2.24) is 10.2 Å². The normalized spacial score (nSPS) is 10.8. The van der Waals surface area contributed by atoms with Crippen molar-refractivity contribution in [3.05, 3.63) is 27.3 Å². The third-order valence-electron chi connectivity index (χ3n) is 2.44. The van der Waals surface area contributed by atoms with Crippen LogP contribution < -0.4 is 5.73 Å². The molecule has 3 nitrogen and oxygen atoms in total. The molecule has 0 saturated heterocycles. The summed E-state index contributed by atoms with van der Waals surface area (Å²) in [6, 6.07) is 6.47. The van der Waals surface area contributed by atoms with Gasteiger partial charge >= 0.3 is 0 Å². The van der Waals surface area contributed by atoms with E-state index in [4.69, 9.17) is 5.73 Å². The fraction of sp³-hybridized carbons (Fsp3) is 0.250. The summed E-state index contributed by atoms with van der Waals surface area (Å²) in [7, 11) is 0. The van der Waals surface area contributed by atoms with Gasteiger partial charge in [0.1, 0.15) is 0 Å². The Morgan fingerprint density at radius 3 is 2.82 bits per heavy atom. The number of aromatic amines is 1. The minimum atomic E-state index is 0.564. The first kappa shape index (κ1) is 12.8. The molecule has 0 saturated carbocycles. The first-order chi connectivity index (χ1) is 8.13. The van der Waals surface area contributed by atoms with E-state index in [0.717, 1.165) is 15.0 Å². The van der Waals surface area contributed by atoms with Crippen molar-refractivity contribution in [1.29, 1.82) is 0 Å². The number of anilines is 1. The smallest absolute Gasteiger partial charge is 0.159 e. The standard InChI is InChI=1S/C12H14IN3S/c1-3-17-9-5-4-7(2)6-8(9)11-10(13)12(14)16-15-11/h4-6H,3H2,1-2H3,(H3,14,15,16). The van der Waals surface area contributed by atoms with Crippen molar-refractivity contribution in [3.63, 3.8) is 0 Å². The molecule has 0 amide bonds. The number of H-pyrrole nitrogens is 1. The Morgan fingerprint density at radius 2 is 2.24 bits per heavy atom. The quantitative estimate of drug-likeness (QED) is 0.649. The number of hydrogen-bond donors (Lipinski definition) is 2. The molecular formula is C12H14IN3S. The van der Waals surface area contributed by atoms with Gasteiger partial charge in [-0.3, -0.25) is 5.10 Å². The zero-order chi connectivity index (χ0) is 12.4. The van der Waals surface area contributed by atoms with E-state index in [0.29, 0.717) is 5.82 Å². The van der Waals surface area contributed by atoms with E-state index in [1.165, 1.54) is 16.0 Å². The Bertz CT molecular complexity index is 537. The van der Waals surface area contributed by atoms with Crippen molar-refractivity contribution in [3.8, 4) is 11.3 Å². The SMILES string of the molecule is CCSc1ccc(C)cc1-c1[nH]nc(N)c1I. The minimum Gasteiger partial charge on any atom is -0.381 e. The Hall–Kier alpha value is -0.690. The van der Waals surface area contributed by atoms with Gasteiger partial charge < -0.3 is 5.73 Å². The molecular weight excluding hydrogens is 345 g/mol. The highest BCUT2D eigenvalue weighted by Gasteiger charge is 2.13. The first-order valence-corrected chi connectivity index (χ1v) is 7.43. The molecule has 1 aromatic heterocycles. The lowest BCUT2D eigenvalue weighted by molar-refractivity contribution is 1.10. The predicted molar refractivity (Wildman–Crippen MR) is 82.3 cm³/mol. The van der Waals surface area contributed by atoms with Gasteiger partial charge in [-0.25, -0.2) is 0 Å². The zero-order valence-electron chi connectivity index (χ0n) is 9.75. The van der Waals surface area contributed by atoms with E-state index in [-0.39, 0.29) is 0 Å². The molecule has 0 atom stereocenters. The molecule has 3 N–H and O–H groups in total. The van der Waals surface area contributed by atoms with Gasteiger partial charge in [0.2, 0.25) is 0 Å². The van der Waals surface area contributed by atoms with Gasteiger partial charge in [0.05, 0.1) is 9.26 Å². The maximum Gasteiger partial charge on any atom is 0.159 e. The number of aromatic nitrogens is 2. The Balaban J connectivity index is 2.56. The summed E-state index contributed by atoms with van der Waals surface area (Å²) in [4.78, 5) is 1.26. The highest BCUT2D eigenvalue weighted by atomic mass is 127. The second kappa shape index (κ2) is 5.30. The van der Waals surface area contributed by atoms with Crippen molar-refractivity contribution < 1.29 is 0 Å². The number of nitrogen functional groups attached to an aromatic ring is 1. The molecule has 0 bridgehead atoms. The van der Waals surface area contributed by atoms with Crippen LogP contribution in [0.4, 0.5) is 5.82 Å². The van der Waals surface area contributed by atoms with Crippen LogP contribution >= 0.6 is 34.4 Å². The van der Waals surface area contributed by atoms with Crippen LogP contribution in [-0.2, 0) is 0 Å². The van der Waals surface area contributed by atoms with Crippen molar-refractivity contribution in [2.45, 2.75) is 18.7 Å². The molecule has 0 spiro atoms. The summed E-state index contributed by atoms with van der Waals surface area (Å²) in [5.41, 5.74) is 9.23. The Labute approximate surface area is 119 Å². The number of halogens is 1. The maximum atomic E-state index is 5.78. The first-order valence-electron chi connectivity index (χ1n) is 5.36.